The Kier molecular flexibility index (Phi) is 3.95. The molecule has 114 valence electrons. The number of amides is 1. The van der Waals surface area contributed by atoms with Crippen molar-refractivity contribution >= 4 is 5.91 Å². The molecule has 1 unspecified atom stereocenters. The van der Waals surface area contributed by atoms with E-state index in [1.54, 1.807) is 11.9 Å². The lowest BCUT2D eigenvalue weighted by molar-refractivity contribution is -0.0354. The summed E-state index contributed by atoms with van der Waals surface area (Å²) in [6.45, 7) is 2.08. The molecule has 4 nitrogen and oxygen atoms in total. The lowest BCUT2D eigenvalue weighted by Crippen LogP contribution is -2.59. The molecule has 1 N–H and O–H groups in total. The fourth-order valence-electron chi connectivity index (χ4n) is 2.98. The van der Waals surface area contributed by atoms with Crippen LogP contribution in [0.3, 0.4) is 0 Å². The largest absolute Gasteiger partial charge is 0.390 e. The summed E-state index contributed by atoms with van der Waals surface area (Å²) in [4.78, 5) is 16.3. The van der Waals surface area contributed by atoms with Gasteiger partial charge in [0.25, 0.3) is 5.91 Å². The number of hydrogen-bond acceptors (Lipinski definition) is 3. The van der Waals surface area contributed by atoms with Crippen LogP contribution in [0.4, 0.5) is 4.39 Å². The summed E-state index contributed by atoms with van der Waals surface area (Å²) < 4.78 is 12.9. The van der Waals surface area contributed by atoms with Crippen LogP contribution in [0, 0.1) is 11.7 Å². The number of β-amino-alcohol motifs (C(OH)–C–C–N with tert-alkyl or cyclic N) is 1. The molecule has 3 rings (SSSR count). The van der Waals surface area contributed by atoms with Crippen molar-refractivity contribution in [3.63, 3.8) is 0 Å². The zero-order valence-corrected chi connectivity index (χ0v) is 12.2. The van der Waals surface area contributed by atoms with E-state index in [0.717, 1.165) is 0 Å². The van der Waals surface area contributed by atoms with Gasteiger partial charge in [-0.05, 0) is 43.0 Å². The molecule has 0 radical (unpaired) electrons. The number of halogens is 1. The monoisotopic (exact) mass is 292 g/mol. The number of likely N-dealkylation sites (N-methyl/N-ethyl adjacent to an activating group) is 1. The van der Waals surface area contributed by atoms with Gasteiger partial charge in [-0.1, -0.05) is 0 Å². The van der Waals surface area contributed by atoms with Gasteiger partial charge in [-0.3, -0.25) is 9.69 Å². The van der Waals surface area contributed by atoms with Crippen molar-refractivity contribution in [1.82, 2.24) is 9.80 Å². The van der Waals surface area contributed by atoms with Gasteiger partial charge in [0.2, 0.25) is 0 Å². The SMILES string of the molecule is CN(CC(C1CC1)N1CC(O)C1)C(=O)c1ccc(F)cc1. The van der Waals surface area contributed by atoms with E-state index in [2.05, 4.69) is 4.90 Å². The van der Waals surface area contributed by atoms with Crippen LogP contribution in [-0.2, 0) is 0 Å². The second-order valence-corrected chi connectivity index (χ2v) is 6.21. The van der Waals surface area contributed by atoms with Crippen molar-refractivity contribution in [2.75, 3.05) is 26.7 Å². The van der Waals surface area contributed by atoms with Crippen LogP contribution in [0.5, 0.6) is 0 Å². The van der Waals surface area contributed by atoms with Crippen molar-refractivity contribution in [1.29, 1.82) is 0 Å². The maximum atomic E-state index is 12.9. The molecule has 0 aromatic heterocycles. The topological polar surface area (TPSA) is 43.8 Å². The Labute approximate surface area is 124 Å². The number of rotatable bonds is 5. The smallest absolute Gasteiger partial charge is 0.253 e. The quantitative estimate of drug-likeness (QED) is 0.891. The van der Waals surface area contributed by atoms with Crippen molar-refractivity contribution in [3.8, 4) is 0 Å². The highest BCUT2D eigenvalue weighted by Crippen LogP contribution is 2.37. The lowest BCUT2D eigenvalue weighted by atomic mass is 10.0. The number of benzene rings is 1. The van der Waals surface area contributed by atoms with E-state index in [4.69, 9.17) is 0 Å². The van der Waals surface area contributed by atoms with Gasteiger partial charge in [0, 0.05) is 38.3 Å². The average Bonchev–Trinajstić information content (AvgIpc) is 3.26. The Morgan fingerprint density at radius 1 is 1.38 bits per heavy atom. The Morgan fingerprint density at radius 3 is 2.52 bits per heavy atom. The van der Waals surface area contributed by atoms with Crippen LogP contribution in [0.1, 0.15) is 23.2 Å². The minimum Gasteiger partial charge on any atom is -0.390 e. The van der Waals surface area contributed by atoms with Gasteiger partial charge in [0.15, 0.2) is 0 Å². The van der Waals surface area contributed by atoms with Crippen LogP contribution in [0.25, 0.3) is 0 Å². The normalized spacial score (nSPS) is 20.9. The summed E-state index contributed by atoms with van der Waals surface area (Å²) in [6, 6.07) is 6.00. The molecule has 5 heteroatoms. The highest BCUT2D eigenvalue weighted by Gasteiger charge is 2.41. The molecule has 1 amide bonds. The standard InChI is InChI=1S/C16H21FN2O2/c1-18(16(21)12-4-6-13(17)7-5-12)10-15(11-2-3-11)19-8-14(20)9-19/h4-7,11,14-15,20H,2-3,8-10H2,1H3. The average molecular weight is 292 g/mol. The van der Waals surface area contributed by atoms with E-state index >= 15 is 0 Å². The second-order valence-electron chi connectivity index (χ2n) is 6.21. The number of carbonyl (C=O) groups is 1. The summed E-state index contributed by atoms with van der Waals surface area (Å²) in [5, 5.41) is 9.46. The highest BCUT2D eigenvalue weighted by atomic mass is 19.1. The van der Waals surface area contributed by atoms with Crippen molar-refractivity contribution in [3.05, 3.63) is 35.6 Å². The zero-order chi connectivity index (χ0) is 15.0. The molecule has 1 atom stereocenters. The van der Waals surface area contributed by atoms with E-state index in [0.29, 0.717) is 37.2 Å². The molecule has 1 aliphatic heterocycles. The third-order valence-electron chi connectivity index (χ3n) is 4.42. The van der Waals surface area contributed by atoms with Gasteiger partial charge in [0.05, 0.1) is 6.10 Å². The number of likely N-dealkylation sites (tertiary alicyclic amines) is 1. The number of carbonyl (C=O) groups excluding carboxylic acids is 1. The van der Waals surface area contributed by atoms with E-state index in [1.807, 2.05) is 0 Å². The first kappa shape index (κ1) is 14.5. The zero-order valence-electron chi connectivity index (χ0n) is 12.2. The number of nitrogens with zero attached hydrogens (tertiary/aromatic N) is 2. The second kappa shape index (κ2) is 5.73. The minimum atomic E-state index is -0.334. The molecule has 0 bridgehead atoms. The maximum Gasteiger partial charge on any atom is 0.253 e. The van der Waals surface area contributed by atoms with Crippen molar-refractivity contribution < 1.29 is 14.3 Å². The van der Waals surface area contributed by atoms with E-state index in [1.165, 1.54) is 37.1 Å². The first-order valence-corrected chi connectivity index (χ1v) is 7.47. The van der Waals surface area contributed by atoms with Crippen molar-refractivity contribution in [2.24, 2.45) is 5.92 Å². The number of aliphatic hydroxyl groups excluding tert-OH is 1. The molecule has 1 aliphatic carbocycles. The molecule has 21 heavy (non-hydrogen) atoms. The lowest BCUT2D eigenvalue weighted by Gasteiger charge is -2.43. The van der Waals surface area contributed by atoms with Crippen molar-refractivity contribution in [2.45, 2.75) is 25.0 Å². The highest BCUT2D eigenvalue weighted by molar-refractivity contribution is 5.94. The summed E-state index contributed by atoms with van der Waals surface area (Å²) >= 11 is 0. The van der Waals surface area contributed by atoms with Gasteiger partial charge < -0.3 is 10.0 Å². The van der Waals surface area contributed by atoms with Gasteiger partial charge in [0.1, 0.15) is 5.82 Å². The molecular weight excluding hydrogens is 271 g/mol. The first-order valence-electron chi connectivity index (χ1n) is 7.47. The van der Waals surface area contributed by atoms with E-state index in [9.17, 15) is 14.3 Å². The van der Waals surface area contributed by atoms with Crippen LogP contribution < -0.4 is 0 Å². The Bertz CT molecular complexity index is 510. The molecule has 2 aliphatic rings. The van der Waals surface area contributed by atoms with Gasteiger partial charge >= 0.3 is 0 Å². The molecule has 0 spiro atoms. The maximum absolute atomic E-state index is 12.9. The number of hydrogen-bond donors (Lipinski definition) is 1. The third-order valence-corrected chi connectivity index (χ3v) is 4.42. The molecule has 2 fully saturated rings. The van der Waals surface area contributed by atoms with Crippen LogP contribution in [0.2, 0.25) is 0 Å². The van der Waals surface area contributed by atoms with Gasteiger partial charge in [-0.15, -0.1) is 0 Å². The molecular formula is C16H21FN2O2. The summed E-state index contributed by atoms with van der Waals surface area (Å²) in [7, 11) is 1.79. The molecule has 1 aromatic rings. The minimum absolute atomic E-state index is 0.0817. The van der Waals surface area contributed by atoms with Gasteiger partial charge in [-0.2, -0.15) is 0 Å². The molecule has 1 saturated heterocycles. The predicted octanol–water partition coefficient (Wildman–Crippen LogP) is 1.35. The molecule has 1 heterocycles. The van der Waals surface area contributed by atoms with Crippen LogP contribution >= 0.6 is 0 Å². The fraction of sp³-hybridized carbons (Fsp3) is 0.562. The molecule has 1 aromatic carbocycles. The summed E-state index contributed by atoms with van der Waals surface area (Å²) in [6.07, 6.45) is 2.19. The van der Waals surface area contributed by atoms with Crippen LogP contribution in [0.15, 0.2) is 24.3 Å². The fourth-order valence-corrected chi connectivity index (χ4v) is 2.98. The predicted molar refractivity (Wildman–Crippen MR) is 77.5 cm³/mol. The Hall–Kier alpha value is -1.46. The van der Waals surface area contributed by atoms with Gasteiger partial charge in [-0.25, -0.2) is 4.39 Å². The summed E-state index contributed by atoms with van der Waals surface area (Å²) in [5.41, 5.74) is 0.511. The van der Waals surface area contributed by atoms with E-state index < -0.39 is 0 Å². The van der Waals surface area contributed by atoms with Crippen LogP contribution in [-0.4, -0.2) is 59.6 Å². The Morgan fingerprint density at radius 2 is 2.00 bits per heavy atom. The third kappa shape index (κ3) is 3.24. The molecule has 1 saturated carbocycles. The first-order chi connectivity index (χ1) is 10.0. The Balaban J connectivity index is 1.62. The number of aliphatic hydroxyl groups is 1. The summed E-state index contributed by atoms with van der Waals surface area (Å²) in [5.74, 6) is 0.224. The van der Waals surface area contributed by atoms with E-state index in [-0.39, 0.29) is 17.8 Å².